The number of imide groups is 2. The number of aromatic nitrogens is 1. The molecule has 12 heteroatoms. The van der Waals surface area contributed by atoms with E-state index in [1.165, 1.54) is 24.4 Å². The van der Waals surface area contributed by atoms with Crippen molar-refractivity contribution in [3.8, 4) is 5.75 Å². The summed E-state index contributed by atoms with van der Waals surface area (Å²) in [7, 11) is 1.49. The van der Waals surface area contributed by atoms with Gasteiger partial charge in [-0.1, -0.05) is 19.9 Å². The van der Waals surface area contributed by atoms with E-state index in [1.807, 2.05) is 0 Å². The van der Waals surface area contributed by atoms with Crippen molar-refractivity contribution in [3.05, 3.63) is 59.6 Å². The summed E-state index contributed by atoms with van der Waals surface area (Å²) in [5.74, 6) is -1.97. The van der Waals surface area contributed by atoms with Gasteiger partial charge in [0.05, 0.1) is 13.7 Å². The van der Waals surface area contributed by atoms with Gasteiger partial charge in [-0.15, -0.1) is 0 Å². The minimum atomic E-state index is -2.05. The summed E-state index contributed by atoms with van der Waals surface area (Å²) in [6.45, 7) is 2.63. The molecule has 1 fully saturated rings. The smallest absolute Gasteiger partial charge is 0.337 e. The van der Waals surface area contributed by atoms with E-state index in [0.29, 0.717) is 40.7 Å². The molecule has 1 atom stereocenters. The molecular formula is C29H30N4O8. The van der Waals surface area contributed by atoms with Crippen LogP contribution in [-0.4, -0.2) is 69.8 Å². The molecule has 4 heterocycles. The van der Waals surface area contributed by atoms with Crippen molar-refractivity contribution in [1.82, 2.24) is 19.7 Å². The summed E-state index contributed by atoms with van der Waals surface area (Å²) in [5.41, 5.74) is -0.581. The fourth-order valence-electron chi connectivity index (χ4n) is 5.25. The van der Waals surface area contributed by atoms with Crippen molar-refractivity contribution in [2.45, 2.75) is 51.6 Å². The Morgan fingerprint density at radius 3 is 2.56 bits per heavy atom. The van der Waals surface area contributed by atoms with Gasteiger partial charge in [0.1, 0.15) is 17.1 Å². The predicted molar refractivity (Wildman–Crippen MR) is 143 cm³/mol. The first-order valence-electron chi connectivity index (χ1n) is 13.4. The van der Waals surface area contributed by atoms with Gasteiger partial charge in [0.15, 0.2) is 6.73 Å². The number of urea groups is 1. The third kappa shape index (κ3) is 4.68. The largest absolute Gasteiger partial charge is 0.497 e. The molecular weight excluding hydrogens is 532 g/mol. The Hall–Kier alpha value is -4.74. The maximum atomic E-state index is 14.4. The molecule has 5 amide bonds. The highest BCUT2D eigenvalue weighted by atomic mass is 16.5. The maximum Gasteiger partial charge on any atom is 0.337 e. The molecule has 0 unspecified atom stereocenters. The Bertz CT molecular complexity index is 1520. The van der Waals surface area contributed by atoms with Gasteiger partial charge < -0.3 is 18.8 Å². The molecule has 3 aromatic rings. The molecule has 0 saturated carbocycles. The number of rotatable bonds is 10. The quantitative estimate of drug-likeness (QED) is 0.268. The summed E-state index contributed by atoms with van der Waals surface area (Å²) < 4.78 is 16.6. The predicted octanol–water partition coefficient (Wildman–Crippen LogP) is 3.58. The van der Waals surface area contributed by atoms with E-state index in [1.54, 1.807) is 44.2 Å². The minimum absolute atomic E-state index is 0.00738. The first-order valence-corrected chi connectivity index (χ1v) is 13.4. The Morgan fingerprint density at radius 1 is 1.07 bits per heavy atom. The highest BCUT2D eigenvalue weighted by molar-refractivity contribution is 6.15. The Morgan fingerprint density at radius 2 is 1.85 bits per heavy atom. The van der Waals surface area contributed by atoms with Crippen LogP contribution in [-0.2, 0) is 31.2 Å². The molecule has 0 spiro atoms. The number of carbonyl (C=O) groups excluding carboxylic acids is 5. The lowest BCUT2D eigenvalue weighted by Gasteiger charge is -2.35. The third-order valence-electron chi connectivity index (χ3n) is 7.26. The van der Waals surface area contributed by atoms with Gasteiger partial charge in [0.2, 0.25) is 11.4 Å². The van der Waals surface area contributed by atoms with Crippen molar-refractivity contribution in [2.24, 2.45) is 0 Å². The SMILES string of the molecule is CCCC(=O)OCN1C(=O)N(C(=O)CCC)[C@@](CN2Cc3ccc(OC)cc3C2=O)(c2cc3cnccc3o2)C1=O. The number of ether oxygens (including phenoxy) is 2. The van der Waals surface area contributed by atoms with Gasteiger partial charge in [-0.05, 0) is 42.7 Å². The van der Waals surface area contributed by atoms with E-state index in [0.717, 1.165) is 9.80 Å². The second-order valence-electron chi connectivity index (χ2n) is 9.96. The lowest BCUT2D eigenvalue weighted by atomic mass is 9.92. The molecule has 5 rings (SSSR count). The van der Waals surface area contributed by atoms with Gasteiger partial charge in [-0.2, -0.15) is 0 Å². The van der Waals surface area contributed by atoms with Gasteiger partial charge in [-0.3, -0.25) is 24.2 Å². The highest BCUT2D eigenvalue weighted by Gasteiger charge is 2.64. The first kappa shape index (κ1) is 27.8. The number of amides is 5. The van der Waals surface area contributed by atoms with Crippen molar-refractivity contribution in [1.29, 1.82) is 0 Å². The van der Waals surface area contributed by atoms with Crippen LogP contribution in [0.2, 0.25) is 0 Å². The zero-order valence-electron chi connectivity index (χ0n) is 23.0. The molecule has 214 valence electrons. The number of esters is 1. The lowest BCUT2D eigenvalue weighted by Crippen LogP contribution is -2.56. The number of benzene rings is 1. The van der Waals surface area contributed by atoms with Crippen LogP contribution in [0.15, 0.2) is 47.1 Å². The van der Waals surface area contributed by atoms with Crippen LogP contribution >= 0.6 is 0 Å². The molecule has 0 N–H and O–H groups in total. The van der Waals surface area contributed by atoms with E-state index in [2.05, 4.69) is 4.98 Å². The Kier molecular flexibility index (Phi) is 7.48. The van der Waals surface area contributed by atoms with E-state index in [9.17, 15) is 24.0 Å². The number of nitrogens with zero attached hydrogens (tertiary/aromatic N) is 4. The van der Waals surface area contributed by atoms with E-state index >= 15 is 0 Å². The molecule has 2 aliphatic heterocycles. The lowest BCUT2D eigenvalue weighted by molar-refractivity contribution is -0.152. The number of hydrogen-bond donors (Lipinski definition) is 0. The zero-order chi connectivity index (χ0) is 29.3. The molecule has 1 saturated heterocycles. The fourth-order valence-corrected chi connectivity index (χ4v) is 5.25. The van der Waals surface area contributed by atoms with Gasteiger partial charge in [-0.25, -0.2) is 14.6 Å². The van der Waals surface area contributed by atoms with E-state index in [-0.39, 0.29) is 31.7 Å². The average molecular weight is 563 g/mol. The van der Waals surface area contributed by atoms with Crippen molar-refractivity contribution < 1.29 is 37.9 Å². The molecule has 12 nitrogen and oxygen atoms in total. The minimum Gasteiger partial charge on any atom is -0.497 e. The summed E-state index contributed by atoms with van der Waals surface area (Å²) >= 11 is 0. The second kappa shape index (κ2) is 11.0. The number of pyridine rings is 1. The molecule has 2 aliphatic rings. The standard InChI is InChI=1S/C29H30N4O8/c1-4-6-24(34)33-28(38)32(17-40-25(35)7-5-2)27(37)29(33,23-12-19-14-30-11-10-22(19)41-23)16-31-15-18-8-9-20(39-3)13-21(18)26(31)36/h8-14H,4-7,15-17H2,1-3H3/t29-/m0/s1. The van der Waals surface area contributed by atoms with E-state index < -0.39 is 42.0 Å². The van der Waals surface area contributed by atoms with Crippen LogP contribution in [0.5, 0.6) is 5.75 Å². The van der Waals surface area contributed by atoms with Crippen LogP contribution in [0.25, 0.3) is 11.0 Å². The zero-order valence-corrected chi connectivity index (χ0v) is 23.0. The normalized spacial score (nSPS) is 18.4. The number of furan rings is 1. The summed E-state index contributed by atoms with van der Waals surface area (Å²) in [6.07, 6.45) is 4.01. The molecule has 2 aromatic heterocycles. The van der Waals surface area contributed by atoms with Crippen LogP contribution < -0.4 is 4.74 Å². The fraction of sp³-hybridized carbons (Fsp3) is 0.379. The molecule has 1 aromatic carbocycles. The molecule has 0 bridgehead atoms. The monoisotopic (exact) mass is 562 g/mol. The number of hydrogen-bond acceptors (Lipinski definition) is 9. The van der Waals surface area contributed by atoms with E-state index in [4.69, 9.17) is 13.9 Å². The van der Waals surface area contributed by atoms with Gasteiger partial charge >= 0.3 is 12.0 Å². The van der Waals surface area contributed by atoms with Gasteiger partial charge in [0.25, 0.3) is 11.8 Å². The number of methoxy groups -OCH3 is 1. The highest BCUT2D eigenvalue weighted by Crippen LogP contribution is 2.43. The second-order valence-corrected chi connectivity index (χ2v) is 9.96. The molecule has 0 aliphatic carbocycles. The van der Waals surface area contributed by atoms with Crippen molar-refractivity contribution in [3.63, 3.8) is 0 Å². The van der Waals surface area contributed by atoms with Crippen molar-refractivity contribution >= 4 is 40.7 Å². The van der Waals surface area contributed by atoms with Gasteiger partial charge in [0, 0.05) is 42.7 Å². The van der Waals surface area contributed by atoms with Crippen LogP contribution in [0.4, 0.5) is 4.79 Å². The van der Waals surface area contributed by atoms with Crippen molar-refractivity contribution in [2.75, 3.05) is 20.4 Å². The summed E-state index contributed by atoms with van der Waals surface area (Å²) in [6, 6.07) is 7.28. The Balaban J connectivity index is 1.63. The third-order valence-corrected chi connectivity index (χ3v) is 7.26. The van der Waals surface area contributed by atoms with Crippen LogP contribution in [0.3, 0.4) is 0 Å². The summed E-state index contributed by atoms with van der Waals surface area (Å²) in [4.78, 5) is 74.6. The van der Waals surface area contributed by atoms with Crippen LogP contribution in [0.1, 0.15) is 61.2 Å². The maximum absolute atomic E-state index is 14.4. The number of fused-ring (bicyclic) bond motifs is 2. The Labute approximate surface area is 235 Å². The molecule has 0 radical (unpaired) electrons. The van der Waals surface area contributed by atoms with Crippen LogP contribution in [0, 0.1) is 0 Å². The topological polar surface area (TPSA) is 140 Å². The average Bonchev–Trinajstić information content (AvgIpc) is 3.59. The first-order chi connectivity index (χ1) is 19.7. The molecule has 41 heavy (non-hydrogen) atoms. The number of carbonyl (C=O) groups is 5. The summed E-state index contributed by atoms with van der Waals surface area (Å²) in [5, 5.41) is 0.540.